The van der Waals surface area contributed by atoms with Crippen molar-refractivity contribution in [2.45, 2.75) is 6.42 Å². The minimum Gasteiger partial charge on any atom is -0.388 e. The minimum absolute atomic E-state index is 0.0262. The first-order chi connectivity index (χ1) is 19.0. The van der Waals surface area contributed by atoms with Crippen LogP contribution in [0.15, 0.2) is 23.6 Å². The molecule has 0 saturated heterocycles. The molecule has 0 aliphatic rings. The molecule has 0 aromatic carbocycles. The van der Waals surface area contributed by atoms with Crippen LogP contribution in [0.4, 0.5) is 17.5 Å². The molecule has 0 saturated carbocycles. The lowest BCUT2D eigenvalue weighted by atomic mass is 10.4. The van der Waals surface area contributed by atoms with Gasteiger partial charge < -0.3 is 46.1 Å². The molecule has 0 unspecified atom stereocenters. The van der Waals surface area contributed by atoms with E-state index in [2.05, 4.69) is 46.6 Å². The van der Waals surface area contributed by atoms with Crippen molar-refractivity contribution in [1.82, 2.24) is 39.4 Å². The van der Waals surface area contributed by atoms with Gasteiger partial charge in [0, 0.05) is 52.7 Å². The average Bonchev–Trinajstić information content (AvgIpc) is 3.54. The Hall–Kier alpha value is -5.59. The summed E-state index contributed by atoms with van der Waals surface area (Å²) >= 11 is 0. The van der Waals surface area contributed by atoms with Gasteiger partial charge in [0.25, 0.3) is 17.7 Å². The summed E-state index contributed by atoms with van der Waals surface area (Å²) < 4.78 is 4.22. The predicted molar refractivity (Wildman–Crippen MR) is 144 cm³/mol. The Labute approximate surface area is 226 Å². The van der Waals surface area contributed by atoms with Crippen LogP contribution in [0.1, 0.15) is 38.3 Å². The Balaban J connectivity index is 1.63. The lowest BCUT2D eigenvalue weighted by Gasteiger charge is -2.03. The lowest BCUT2D eigenvalue weighted by Crippen LogP contribution is -2.29. The quantitative estimate of drug-likeness (QED) is 0.0520. The maximum atomic E-state index is 12.8. The van der Waals surface area contributed by atoms with E-state index in [9.17, 15) is 19.2 Å². The molecule has 4 amide bonds. The number of nitrogens with one attached hydrogen (secondary N) is 6. The van der Waals surface area contributed by atoms with Gasteiger partial charge >= 0.3 is 0 Å². The highest BCUT2D eigenvalue weighted by molar-refractivity contribution is 6.04. The SMILES string of the molecule is Cn1cc(NC(=O)c2nc(NC(=O)c3nc(NC(=O)CN=CNN)cn3C)cn2C)nc1C(=O)NCCC(=N)N. The third kappa shape index (κ3) is 7.47. The zero-order chi connectivity index (χ0) is 29.4. The van der Waals surface area contributed by atoms with Gasteiger partial charge in [0.15, 0.2) is 17.5 Å². The third-order valence-electron chi connectivity index (χ3n) is 5.07. The molecular weight excluding hydrogens is 526 g/mol. The van der Waals surface area contributed by atoms with Gasteiger partial charge in [-0.15, -0.1) is 0 Å². The van der Waals surface area contributed by atoms with Gasteiger partial charge in [0.05, 0.1) is 12.2 Å². The molecule has 0 aliphatic heterocycles. The molecule has 3 heterocycles. The Morgan fingerprint density at radius 2 is 1.30 bits per heavy atom. The molecule has 0 bridgehead atoms. The van der Waals surface area contributed by atoms with Crippen LogP contribution in [0.2, 0.25) is 0 Å². The number of amidine groups is 1. The Morgan fingerprint density at radius 3 is 1.75 bits per heavy atom. The van der Waals surface area contributed by atoms with Gasteiger partial charge in [0.1, 0.15) is 6.54 Å². The first-order valence-corrected chi connectivity index (χ1v) is 11.6. The summed E-state index contributed by atoms with van der Waals surface area (Å²) in [6.45, 7) is -0.0316. The third-order valence-corrected chi connectivity index (χ3v) is 5.07. The van der Waals surface area contributed by atoms with Gasteiger partial charge in [-0.1, -0.05) is 0 Å². The highest BCUT2D eigenvalue weighted by Gasteiger charge is 2.21. The van der Waals surface area contributed by atoms with Crippen LogP contribution >= 0.6 is 0 Å². The van der Waals surface area contributed by atoms with E-state index < -0.39 is 23.6 Å². The Bertz CT molecular complexity index is 1460. The fraction of sp³-hybridized carbons (Fsp3) is 0.286. The van der Waals surface area contributed by atoms with E-state index in [4.69, 9.17) is 17.0 Å². The summed E-state index contributed by atoms with van der Waals surface area (Å²) in [6.07, 6.45) is 5.67. The van der Waals surface area contributed by atoms with Crippen molar-refractivity contribution in [2.24, 2.45) is 37.7 Å². The summed E-state index contributed by atoms with van der Waals surface area (Å²) in [5, 5.41) is 17.4. The second-order valence-electron chi connectivity index (χ2n) is 8.31. The van der Waals surface area contributed by atoms with Crippen molar-refractivity contribution in [3.05, 3.63) is 36.1 Å². The van der Waals surface area contributed by atoms with E-state index in [1.54, 1.807) is 21.1 Å². The van der Waals surface area contributed by atoms with Gasteiger partial charge in [-0.3, -0.25) is 29.6 Å². The molecule has 3 aromatic rings. The number of hydrazine groups is 1. The molecule has 10 N–H and O–H groups in total. The standard InChI is InChI=1S/C21H29N15O4/c1-34-8-13(30-16(34)19(38)26-5-4-11(22)23)32-21(40)18-31-14(9-36(18)3)33-20(39)17-29-12(7-35(17)2)28-15(37)6-25-10-27-24/h7-10H,4-6,24H2,1-3H3,(H3,22,23)(H,25,27)(H,26,38)(H,28,37)(H,32,40)(H,33,39). The molecule has 19 heteroatoms. The van der Waals surface area contributed by atoms with Gasteiger partial charge in [-0.2, -0.15) is 0 Å². The Kier molecular flexibility index (Phi) is 9.25. The van der Waals surface area contributed by atoms with Crippen molar-refractivity contribution >= 4 is 53.3 Å². The van der Waals surface area contributed by atoms with E-state index in [1.807, 2.05) is 0 Å². The smallest absolute Gasteiger partial charge is 0.292 e. The van der Waals surface area contributed by atoms with E-state index in [0.29, 0.717) is 0 Å². The highest BCUT2D eigenvalue weighted by atomic mass is 16.2. The average molecular weight is 556 g/mol. The van der Waals surface area contributed by atoms with Crippen molar-refractivity contribution in [2.75, 3.05) is 29.0 Å². The monoisotopic (exact) mass is 555 g/mol. The van der Waals surface area contributed by atoms with Crippen LogP contribution in [0, 0.1) is 5.41 Å². The summed E-state index contributed by atoms with van der Waals surface area (Å²) in [5.74, 6) is 3.01. The molecule has 0 fully saturated rings. The predicted octanol–water partition coefficient (Wildman–Crippen LogP) is -2.12. The second-order valence-corrected chi connectivity index (χ2v) is 8.31. The number of rotatable bonds is 12. The van der Waals surface area contributed by atoms with E-state index in [0.717, 1.165) is 6.34 Å². The molecule has 19 nitrogen and oxygen atoms in total. The van der Waals surface area contributed by atoms with Crippen LogP contribution in [0.25, 0.3) is 0 Å². The number of anilines is 3. The van der Waals surface area contributed by atoms with Crippen molar-refractivity contribution < 1.29 is 19.2 Å². The highest BCUT2D eigenvalue weighted by Crippen LogP contribution is 2.14. The number of carbonyl (C=O) groups excluding carboxylic acids is 4. The van der Waals surface area contributed by atoms with Crippen LogP contribution in [0.5, 0.6) is 0 Å². The minimum atomic E-state index is -0.640. The van der Waals surface area contributed by atoms with Crippen LogP contribution in [-0.4, -0.2) is 77.5 Å². The summed E-state index contributed by atoms with van der Waals surface area (Å²) in [6, 6.07) is 0. The molecule has 212 valence electrons. The summed E-state index contributed by atoms with van der Waals surface area (Å²) in [5.41, 5.74) is 7.45. The maximum absolute atomic E-state index is 12.8. The number of aryl methyl sites for hydroxylation is 3. The number of aliphatic imine (C=N–C) groups is 1. The fourth-order valence-corrected chi connectivity index (χ4v) is 3.31. The zero-order valence-corrected chi connectivity index (χ0v) is 21.8. The lowest BCUT2D eigenvalue weighted by molar-refractivity contribution is -0.114. The summed E-state index contributed by atoms with van der Waals surface area (Å²) in [7, 11) is 4.70. The number of hydrogen-bond donors (Lipinski definition) is 8. The van der Waals surface area contributed by atoms with Gasteiger partial charge in [-0.25, -0.2) is 20.8 Å². The van der Waals surface area contributed by atoms with Crippen molar-refractivity contribution in [1.29, 1.82) is 5.41 Å². The fourth-order valence-electron chi connectivity index (χ4n) is 3.31. The number of nitrogens with two attached hydrogens (primary N) is 2. The van der Waals surface area contributed by atoms with Crippen LogP contribution < -0.4 is 38.3 Å². The first kappa shape index (κ1) is 29.0. The number of nitrogens with zero attached hydrogens (tertiary/aromatic N) is 7. The maximum Gasteiger partial charge on any atom is 0.292 e. The molecule has 0 aliphatic carbocycles. The van der Waals surface area contributed by atoms with E-state index >= 15 is 0 Å². The summed E-state index contributed by atoms with van der Waals surface area (Å²) in [4.78, 5) is 65.9. The normalized spacial score (nSPS) is 10.8. The molecule has 0 atom stereocenters. The number of carbonyl (C=O) groups is 4. The molecular formula is C21H29N15O4. The van der Waals surface area contributed by atoms with Crippen molar-refractivity contribution in [3.63, 3.8) is 0 Å². The number of aromatic nitrogens is 6. The number of amides is 4. The molecule has 3 aromatic heterocycles. The Morgan fingerprint density at radius 1 is 0.850 bits per heavy atom. The molecule has 0 radical (unpaired) electrons. The number of hydrogen-bond acceptors (Lipinski definition) is 10. The van der Waals surface area contributed by atoms with Crippen LogP contribution in [-0.2, 0) is 25.9 Å². The number of imidazole rings is 3. The zero-order valence-electron chi connectivity index (χ0n) is 21.8. The van der Waals surface area contributed by atoms with Crippen LogP contribution in [0.3, 0.4) is 0 Å². The van der Waals surface area contributed by atoms with E-state index in [-0.39, 0.29) is 60.3 Å². The molecule has 3 rings (SSSR count). The largest absolute Gasteiger partial charge is 0.388 e. The molecule has 40 heavy (non-hydrogen) atoms. The van der Waals surface area contributed by atoms with Gasteiger partial charge in [0.2, 0.25) is 23.4 Å². The topological polar surface area (TPSA) is 270 Å². The van der Waals surface area contributed by atoms with E-state index in [1.165, 1.54) is 32.3 Å². The second kappa shape index (κ2) is 12.8. The van der Waals surface area contributed by atoms with Gasteiger partial charge in [-0.05, 0) is 0 Å². The molecule has 0 spiro atoms. The van der Waals surface area contributed by atoms with Crippen molar-refractivity contribution in [3.8, 4) is 0 Å². The first-order valence-electron chi connectivity index (χ1n) is 11.6.